The van der Waals surface area contributed by atoms with Crippen molar-refractivity contribution in [3.8, 4) is 0 Å². The monoisotopic (exact) mass is 400 g/mol. The quantitative estimate of drug-likeness (QED) is 0.425. The van der Waals surface area contributed by atoms with Gasteiger partial charge in [-0.3, -0.25) is 0 Å². The fourth-order valence-corrected chi connectivity index (χ4v) is 11.3. The van der Waals surface area contributed by atoms with Crippen LogP contribution in [0.4, 0.5) is 0 Å². The first-order valence-corrected chi connectivity index (χ1v) is 11.6. The Hall–Kier alpha value is -1.47. The van der Waals surface area contributed by atoms with E-state index in [9.17, 15) is 0 Å². The van der Waals surface area contributed by atoms with Gasteiger partial charge >= 0.3 is 153 Å². The van der Waals surface area contributed by atoms with E-state index < -0.39 is 6.83 Å². The van der Waals surface area contributed by atoms with Crippen LogP contribution in [0.2, 0.25) is 0 Å². The zero-order chi connectivity index (χ0) is 16.9. The molecule has 3 aromatic rings. The molecule has 3 aromatic carbocycles. The minimum atomic E-state index is -3.04. The van der Waals surface area contributed by atoms with E-state index in [1.54, 1.807) is 0 Å². The molecular weight excluding hydrogens is 379 g/mol. The molecule has 0 bridgehead atoms. The molecule has 0 atom stereocenters. The van der Waals surface area contributed by atoms with E-state index in [2.05, 4.69) is 114 Å². The summed E-state index contributed by atoms with van der Waals surface area (Å²) in [6, 6.07) is 32.0. The van der Waals surface area contributed by atoms with Crippen LogP contribution in [0.3, 0.4) is 0 Å². The zero-order valence-corrected chi connectivity index (χ0v) is 16.3. The molecule has 0 unspecified atom stereocenters. The molecule has 0 N–H and O–H groups in total. The van der Waals surface area contributed by atoms with E-state index in [-0.39, 0.29) is 0 Å². The molecule has 3 heteroatoms. The van der Waals surface area contributed by atoms with Crippen molar-refractivity contribution in [2.45, 2.75) is 6.92 Å². The van der Waals surface area contributed by atoms with Gasteiger partial charge in [0.2, 0.25) is 0 Å². The van der Waals surface area contributed by atoms with Crippen LogP contribution in [0.15, 0.2) is 91.0 Å². The molecule has 0 aromatic heterocycles. The average Bonchev–Trinajstić information content (AvgIpc) is 2.69. The van der Waals surface area contributed by atoms with Gasteiger partial charge in [-0.1, -0.05) is 0 Å². The molecule has 0 heterocycles. The van der Waals surface area contributed by atoms with Gasteiger partial charge < -0.3 is 0 Å². The van der Waals surface area contributed by atoms with Crippen LogP contribution >= 0.6 is 22.8 Å². The summed E-state index contributed by atoms with van der Waals surface area (Å²) in [7, 11) is 0. The van der Waals surface area contributed by atoms with E-state index >= 15 is 0 Å². The molecule has 3 rings (SSSR count). The summed E-state index contributed by atoms with van der Waals surface area (Å²) in [5, 5.41) is 4.50. The topological polar surface area (TPSA) is 9.23 Å². The van der Waals surface area contributed by atoms with E-state index in [4.69, 9.17) is 4.52 Å². The average molecular weight is 401 g/mol. The number of rotatable bonds is 6. The third kappa shape index (κ3) is 2.54. The first-order chi connectivity index (χ1) is 11.8. The molecular formula is C21H22BrOP. The molecule has 0 saturated carbocycles. The summed E-state index contributed by atoms with van der Waals surface area (Å²) in [6.07, 6.45) is 0. The molecule has 0 aliphatic carbocycles. The van der Waals surface area contributed by atoms with Crippen molar-refractivity contribution < 1.29 is 4.52 Å². The predicted molar refractivity (Wildman–Crippen MR) is 111 cm³/mol. The maximum absolute atomic E-state index is 6.81. The molecule has 24 heavy (non-hydrogen) atoms. The van der Waals surface area contributed by atoms with Gasteiger partial charge in [0, 0.05) is 0 Å². The third-order valence-electron chi connectivity index (χ3n) is 4.55. The number of benzene rings is 3. The van der Waals surface area contributed by atoms with Crippen LogP contribution in [0.25, 0.3) is 0 Å². The summed E-state index contributed by atoms with van der Waals surface area (Å²) in [5.41, 5.74) is 0. The summed E-state index contributed by atoms with van der Waals surface area (Å²) in [4.78, 5) is 0. The Bertz CT molecular complexity index is 675. The molecule has 0 aliphatic rings. The van der Waals surface area contributed by atoms with Gasteiger partial charge in [0.05, 0.1) is 0 Å². The molecule has 0 fully saturated rings. The first kappa shape index (κ1) is 17.4. The number of halogens is 1. The predicted octanol–water partition coefficient (Wildman–Crippen LogP) is 4.82. The zero-order valence-electron chi connectivity index (χ0n) is 13.8. The van der Waals surface area contributed by atoms with E-state index in [1.807, 2.05) is 0 Å². The number of hydrogen-bond donors (Lipinski definition) is 0. The second-order valence-corrected chi connectivity index (χ2v) is 11.7. The molecule has 0 saturated heterocycles. The number of alkyl halides is 1. The molecule has 0 radical (unpaired) electrons. The van der Waals surface area contributed by atoms with Crippen LogP contribution in [0, 0.1) is 0 Å². The fraction of sp³-hybridized carbons (Fsp3) is 0.143. The molecule has 124 valence electrons. The second kappa shape index (κ2) is 7.19. The Morgan fingerprint density at radius 1 is 0.667 bits per heavy atom. The van der Waals surface area contributed by atoms with Crippen molar-refractivity contribution in [2.24, 2.45) is 0 Å². The van der Waals surface area contributed by atoms with Crippen LogP contribution < -0.4 is 15.9 Å². The third-order valence-corrected chi connectivity index (χ3v) is 12.9. The van der Waals surface area contributed by atoms with Crippen LogP contribution in [0.1, 0.15) is 6.92 Å². The van der Waals surface area contributed by atoms with Gasteiger partial charge in [-0.2, -0.15) is 0 Å². The van der Waals surface area contributed by atoms with Crippen molar-refractivity contribution in [1.82, 2.24) is 0 Å². The Balaban J connectivity index is 2.47. The van der Waals surface area contributed by atoms with E-state index in [0.29, 0.717) is 6.61 Å². The summed E-state index contributed by atoms with van der Waals surface area (Å²) in [5.74, 6) is 0. The summed E-state index contributed by atoms with van der Waals surface area (Å²) >= 11 is 3.87. The van der Waals surface area contributed by atoms with Crippen molar-refractivity contribution in [2.75, 3.05) is 11.7 Å². The van der Waals surface area contributed by atoms with Crippen LogP contribution in [-0.4, -0.2) is 11.7 Å². The standard InChI is InChI=1S/C21H22BrOP/c1-2-23-24(18-22,19-12-6-3-7-13-19,20-14-8-4-9-15-20)21-16-10-5-11-17-21/h3-17H,2,18H2,1H3. The van der Waals surface area contributed by atoms with Crippen LogP contribution in [0.5, 0.6) is 0 Å². The minimum absolute atomic E-state index is 0.655. The van der Waals surface area contributed by atoms with Crippen molar-refractivity contribution >= 4 is 38.7 Å². The van der Waals surface area contributed by atoms with Crippen molar-refractivity contribution in [1.29, 1.82) is 0 Å². The van der Waals surface area contributed by atoms with Crippen molar-refractivity contribution in [3.05, 3.63) is 91.0 Å². The molecule has 0 aliphatic heterocycles. The van der Waals surface area contributed by atoms with E-state index in [1.165, 1.54) is 15.9 Å². The van der Waals surface area contributed by atoms with Gasteiger partial charge in [0.15, 0.2) is 0 Å². The molecule has 1 nitrogen and oxygen atoms in total. The maximum atomic E-state index is 6.81. The number of hydrogen-bond acceptors (Lipinski definition) is 1. The summed E-state index contributed by atoms with van der Waals surface area (Å²) in [6.45, 7) is -0.301. The van der Waals surface area contributed by atoms with Crippen LogP contribution in [-0.2, 0) is 4.52 Å². The van der Waals surface area contributed by atoms with Gasteiger partial charge in [-0.05, 0) is 0 Å². The van der Waals surface area contributed by atoms with Gasteiger partial charge in [0.25, 0.3) is 0 Å². The molecule has 0 amide bonds. The Labute approximate surface area is 152 Å². The second-order valence-electron chi connectivity index (χ2n) is 5.76. The van der Waals surface area contributed by atoms with Gasteiger partial charge in [-0.25, -0.2) is 0 Å². The molecule has 0 spiro atoms. The fourth-order valence-electron chi connectivity index (χ4n) is 3.43. The van der Waals surface area contributed by atoms with E-state index in [0.717, 1.165) is 5.07 Å². The first-order valence-electron chi connectivity index (χ1n) is 8.16. The summed E-state index contributed by atoms with van der Waals surface area (Å²) < 4.78 is 6.81. The Morgan fingerprint density at radius 3 is 1.25 bits per heavy atom. The van der Waals surface area contributed by atoms with Gasteiger partial charge in [-0.15, -0.1) is 0 Å². The normalized spacial score (nSPS) is 13.2. The Morgan fingerprint density at radius 2 is 1.00 bits per heavy atom. The van der Waals surface area contributed by atoms with Crippen molar-refractivity contribution in [3.63, 3.8) is 0 Å². The van der Waals surface area contributed by atoms with Gasteiger partial charge in [0.1, 0.15) is 0 Å². The Kier molecular flexibility index (Phi) is 5.20. The SMILES string of the molecule is CCOP(CBr)(c1ccccc1)(c1ccccc1)c1ccccc1.